The first-order valence-corrected chi connectivity index (χ1v) is 9.94. The molecule has 0 saturated carbocycles. The van der Waals surface area contributed by atoms with Gasteiger partial charge in [0.25, 0.3) is 0 Å². The number of urea groups is 1. The summed E-state index contributed by atoms with van der Waals surface area (Å²) in [6.07, 6.45) is 6.35. The second-order valence-corrected chi connectivity index (χ2v) is 7.52. The first kappa shape index (κ1) is 18.2. The number of aromatic nitrogens is 4. The van der Waals surface area contributed by atoms with E-state index in [4.69, 9.17) is 10.7 Å². The number of nitrogens with zero attached hydrogens (tertiary/aromatic N) is 4. The number of nitrogen functional groups attached to an aromatic ring is 1. The highest BCUT2D eigenvalue weighted by Gasteiger charge is 2.23. The fourth-order valence-electron chi connectivity index (χ4n) is 4.13. The molecule has 4 N–H and O–H groups in total. The van der Waals surface area contributed by atoms with Crippen LogP contribution in [-0.4, -0.2) is 50.4 Å². The third kappa shape index (κ3) is 2.80. The SMILES string of the molecule is CNC(=O)N1CC=C(c2nc(-c3cc4cccc(C)c4[nH]3)c3c(N)nccn23)CC1. The summed E-state index contributed by atoms with van der Waals surface area (Å²) >= 11 is 0. The molecule has 4 aromatic rings. The number of H-pyrrole nitrogens is 1. The molecule has 30 heavy (non-hydrogen) atoms. The standard InChI is InChI=1S/C22H23N7O/c1-13-4-3-5-15-12-16(26-17(13)15)18-19-20(23)25-8-11-29(19)21(27-18)14-6-9-28(10-7-14)22(30)24-2/h3-6,8,11-12,26H,7,9-10H2,1-2H3,(H2,23,25)(H,24,30). The Morgan fingerprint density at radius 1 is 1.33 bits per heavy atom. The van der Waals surface area contributed by atoms with Gasteiger partial charge in [0.15, 0.2) is 0 Å². The van der Waals surface area contributed by atoms with Crippen molar-refractivity contribution in [2.45, 2.75) is 13.3 Å². The summed E-state index contributed by atoms with van der Waals surface area (Å²) in [5.74, 6) is 1.27. The Morgan fingerprint density at radius 3 is 2.93 bits per heavy atom. The minimum atomic E-state index is -0.0687. The maximum Gasteiger partial charge on any atom is 0.317 e. The molecule has 152 valence electrons. The predicted octanol–water partition coefficient (Wildman–Crippen LogP) is 3.20. The van der Waals surface area contributed by atoms with E-state index in [1.807, 2.05) is 16.7 Å². The summed E-state index contributed by atoms with van der Waals surface area (Å²) in [4.78, 5) is 26.5. The van der Waals surface area contributed by atoms with Gasteiger partial charge in [-0.3, -0.25) is 4.40 Å². The first-order chi connectivity index (χ1) is 14.6. The van der Waals surface area contributed by atoms with Gasteiger partial charge in [0, 0.05) is 43.4 Å². The summed E-state index contributed by atoms with van der Waals surface area (Å²) in [6, 6.07) is 8.25. The molecule has 2 amide bonds. The van der Waals surface area contributed by atoms with Crippen molar-refractivity contribution >= 4 is 33.8 Å². The third-order valence-electron chi connectivity index (χ3n) is 5.70. The number of fused-ring (bicyclic) bond motifs is 2. The Morgan fingerprint density at radius 2 is 2.20 bits per heavy atom. The number of rotatable bonds is 2. The van der Waals surface area contributed by atoms with Crippen LogP contribution in [0.2, 0.25) is 0 Å². The largest absolute Gasteiger partial charge is 0.382 e. The number of aryl methyl sites for hydroxylation is 1. The van der Waals surface area contributed by atoms with Crippen LogP contribution in [0.3, 0.4) is 0 Å². The van der Waals surface area contributed by atoms with E-state index in [0.717, 1.165) is 45.6 Å². The number of nitrogens with two attached hydrogens (primary N) is 1. The number of benzene rings is 1. The lowest BCUT2D eigenvalue weighted by atomic mass is 10.1. The molecule has 1 aromatic carbocycles. The first-order valence-electron chi connectivity index (χ1n) is 9.94. The van der Waals surface area contributed by atoms with E-state index in [-0.39, 0.29) is 6.03 Å². The van der Waals surface area contributed by atoms with Crippen molar-refractivity contribution in [1.82, 2.24) is 29.6 Å². The molecule has 0 fully saturated rings. The van der Waals surface area contributed by atoms with Crippen molar-refractivity contribution in [3.8, 4) is 11.4 Å². The van der Waals surface area contributed by atoms with E-state index in [9.17, 15) is 4.79 Å². The third-order valence-corrected chi connectivity index (χ3v) is 5.70. The maximum atomic E-state index is 11.9. The van der Waals surface area contributed by atoms with E-state index < -0.39 is 0 Å². The minimum absolute atomic E-state index is 0.0687. The lowest BCUT2D eigenvalue weighted by Crippen LogP contribution is -2.40. The van der Waals surface area contributed by atoms with E-state index >= 15 is 0 Å². The molecule has 0 aliphatic carbocycles. The van der Waals surface area contributed by atoms with Gasteiger partial charge in [0.2, 0.25) is 0 Å². The molecule has 0 atom stereocenters. The fraction of sp³-hybridized carbons (Fsp3) is 0.227. The summed E-state index contributed by atoms with van der Waals surface area (Å²) < 4.78 is 2.00. The summed E-state index contributed by atoms with van der Waals surface area (Å²) in [5, 5.41) is 3.81. The number of amides is 2. The number of carbonyl (C=O) groups excluding carboxylic acids is 1. The molecular weight excluding hydrogens is 378 g/mol. The van der Waals surface area contributed by atoms with Gasteiger partial charge in [-0.2, -0.15) is 0 Å². The lowest BCUT2D eigenvalue weighted by Gasteiger charge is -2.25. The quantitative estimate of drug-likeness (QED) is 0.480. The number of carbonyl (C=O) groups is 1. The summed E-state index contributed by atoms with van der Waals surface area (Å²) in [5.41, 5.74) is 12.1. The second-order valence-electron chi connectivity index (χ2n) is 7.52. The molecule has 0 radical (unpaired) electrons. The molecule has 0 unspecified atom stereocenters. The van der Waals surface area contributed by atoms with Crippen LogP contribution in [0.5, 0.6) is 0 Å². The number of hydrogen-bond donors (Lipinski definition) is 3. The molecule has 5 rings (SSSR count). The second kappa shape index (κ2) is 6.91. The van der Waals surface area contributed by atoms with Crippen LogP contribution in [0, 0.1) is 6.92 Å². The molecular formula is C22H23N7O. The molecule has 0 saturated heterocycles. The number of aromatic amines is 1. The van der Waals surface area contributed by atoms with Crippen LogP contribution in [0.4, 0.5) is 10.6 Å². The topological polar surface area (TPSA) is 104 Å². The van der Waals surface area contributed by atoms with E-state index in [1.165, 1.54) is 5.56 Å². The van der Waals surface area contributed by atoms with Gasteiger partial charge in [-0.15, -0.1) is 0 Å². The van der Waals surface area contributed by atoms with E-state index in [0.29, 0.717) is 18.9 Å². The van der Waals surface area contributed by atoms with Gasteiger partial charge in [-0.05, 0) is 30.5 Å². The van der Waals surface area contributed by atoms with Crippen molar-refractivity contribution < 1.29 is 4.79 Å². The van der Waals surface area contributed by atoms with Crippen molar-refractivity contribution in [1.29, 1.82) is 0 Å². The molecule has 4 heterocycles. The molecule has 0 bridgehead atoms. The zero-order valence-electron chi connectivity index (χ0n) is 16.9. The zero-order valence-corrected chi connectivity index (χ0v) is 16.9. The molecule has 0 spiro atoms. The Kier molecular flexibility index (Phi) is 4.20. The predicted molar refractivity (Wildman–Crippen MR) is 118 cm³/mol. The highest BCUT2D eigenvalue weighted by Crippen LogP contribution is 2.33. The van der Waals surface area contributed by atoms with Crippen molar-refractivity contribution in [2.24, 2.45) is 0 Å². The minimum Gasteiger partial charge on any atom is -0.382 e. The molecule has 1 aliphatic heterocycles. The molecule has 8 heteroatoms. The van der Waals surface area contributed by atoms with Crippen LogP contribution in [-0.2, 0) is 0 Å². The number of imidazole rings is 1. The normalized spacial score (nSPS) is 14.3. The van der Waals surface area contributed by atoms with E-state index in [2.05, 4.69) is 46.5 Å². The Bertz CT molecular complexity index is 1310. The number of hydrogen-bond acceptors (Lipinski definition) is 4. The van der Waals surface area contributed by atoms with Crippen LogP contribution < -0.4 is 11.1 Å². The van der Waals surface area contributed by atoms with Crippen molar-refractivity contribution in [3.05, 3.63) is 54.1 Å². The van der Waals surface area contributed by atoms with Crippen LogP contribution in [0.1, 0.15) is 17.8 Å². The Hall–Kier alpha value is -3.81. The van der Waals surface area contributed by atoms with Gasteiger partial charge >= 0.3 is 6.03 Å². The monoisotopic (exact) mass is 401 g/mol. The van der Waals surface area contributed by atoms with Gasteiger partial charge in [0.1, 0.15) is 22.9 Å². The Balaban J connectivity index is 1.65. The van der Waals surface area contributed by atoms with Gasteiger partial charge < -0.3 is 20.9 Å². The zero-order chi connectivity index (χ0) is 20.8. The van der Waals surface area contributed by atoms with Gasteiger partial charge in [-0.25, -0.2) is 14.8 Å². The summed E-state index contributed by atoms with van der Waals surface area (Å²) in [6.45, 7) is 3.27. The van der Waals surface area contributed by atoms with Gasteiger partial charge in [0.05, 0.1) is 5.69 Å². The average Bonchev–Trinajstić information content (AvgIpc) is 3.37. The molecule has 8 nitrogen and oxygen atoms in total. The van der Waals surface area contributed by atoms with Gasteiger partial charge in [-0.1, -0.05) is 24.3 Å². The van der Waals surface area contributed by atoms with Crippen molar-refractivity contribution in [3.63, 3.8) is 0 Å². The number of anilines is 1. The number of para-hydroxylation sites is 1. The van der Waals surface area contributed by atoms with Crippen LogP contribution >= 0.6 is 0 Å². The highest BCUT2D eigenvalue weighted by molar-refractivity contribution is 5.93. The average molecular weight is 401 g/mol. The summed E-state index contributed by atoms with van der Waals surface area (Å²) in [7, 11) is 1.65. The van der Waals surface area contributed by atoms with E-state index in [1.54, 1.807) is 18.1 Å². The Labute approximate surface area is 173 Å². The maximum absolute atomic E-state index is 11.9. The highest BCUT2D eigenvalue weighted by atomic mass is 16.2. The number of nitrogens with one attached hydrogen (secondary N) is 2. The molecule has 1 aliphatic rings. The molecule has 3 aromatic heterocycles. The smallest absolute Gasteiger partial charge is 0.317 e. The lowest BCUT2D eigenvalue weighted by molar-refractivity contribution is 0.205. The fourth-order valence-corrected chi connectivity index (χ4v) is 4.13. The van der Waals surface area contributed by atoms with Crippen LogP contribution in [0.15, 0.2) is 42.7 Å². The van der Waals surface area contributed by atoms with Crippen molar-refractivity contribution in [2.75, 3.05) is 25.9 Å². The van der Waals surface area contributed by atoms with Crippen LogP contribution in [0.25, 0.3) is 33.4 Å².